The Morgan fingerprint density at radius 2 is 1.71 bits per heavy atom. The Bertz CT molecular complexity index is 360. The zero-order valence-electron chi connectivity index (χ0n) is 9.71. The molecule has 1 N–H and O–H groups in total. The lowest BCUT2D eigenvalue weighted by molar-refractivity contribution is -0.141. The third kappa shape index (κ3) is 1.80. The number of imide groups is 1. The fourth-order valence-electron chi connectivity index (χ4n) is 2.87. The van der Waals surface area contributed by atoms with Crippen LogP contribution in [0.3, 0.4) is 0 Å². The minimum atomic E-state index is -0.518. The quantitative estimate of drug-likeness (QED) is 0.579. The summed E-state index contributed by atoms with van der Waals surface area (Å²) in [6.07, 6.45) is 6.82. The van der Waals surface area contributed by atoms with Crippen molar-refractivity contribution in [2.24, 2.45) is 17.8 Å². The van der Waals surface area contributed by atoms with Gasteiger partial charge in [-0.3, -0.25) is 14.5 Å². The van der Waals surface area contributed by atoms with Crippen LogP contribution in [0.2, 0.25) is 0 Å². The monoisotopic (exact) mass is 235 g/mol. The maximum atomic E-state index is 12.1. The topological polar surface area (TPSA) is 57.6 Å². The maximum Gasteiger partial charge on any atom is 0.233 e. The molecule has 1 heterocycles. The molecule has 2 aliphatic carbocycles. The lowest BCUT2D eigenvalue weighted by Gasteiger charge is -2.18. The Balaban J connectivity index is 1.72. The number of hydrogen-bond acceptors (Lipinski definition) is 3. The van der Waals surface area contributed by atoms with E-state index in [1.54, 1.807) is 0 Å². The van der Waals surface area contributed by atoms with Gasteiger partial charge < -0.3 is 5.11 Å². The molecule has 4 heteroatoms. The summed E-state index contributed by atoms with van der Waals surface area (Å²) in [5.41, 5.74) is 0. The van der Waals surface area contributed by atoms with Gasteiger partial charge in [-0.2, -0.15) is 0 Å². The molecule has 1 saturated carbocycles. The molecule has 4 nitrogen and oxygen atoms in total. The van der Waals surface area contributed by atoms with Crippen LogP contribution >= 0.6 is 0 Å². The van der Waals surface area contributed by atoms with E-state index in [-0.39, 0.29) is 30.2 Å². The molecule has 0 bridgehead atoms. The van der Waals surface area contributed by atoms with Crippen LogP contribution in [0.1, 0.15) is 25.7 Å². The van der Waals surface area contributed by atoms with Crippen molar-refractivity contribution in [2.75, 3.05) is 6.54 Å². The van der Waals surface area contributed by atoms with Crippen molar-refractivity contribution in [3.8, 4) is 0 Å². The molecular formula is C13H17NO3. The van der Waals surface area contributed by atoms with Gasteiger partial charge in [0.2, 0.25) is 11.8 Å². The van der Waals surface area contributed by atoms with Crippen LogP contribution in [0, 0.1) is 17.8 Å². The molecule has 1 aliphatic heterocycles. The van der Waals surface area contributed by atoms with Gasteiger partial charge in [0.1, 0.15) is 0 Å². The van der Waals surface area contributed by atoms with Crippen LogP contribution in [-0.4, -0.2) is 34.5 Å². The number of nitrogens with zero attached hydrogens (tertiary/aromatic N) is 1. The molecular weight excluding hydrogens is 218 g/mol. The number of amides is 2. The van der Waals surface area contributed by atoms with Gasteiger partial charge in [0.15, 0.2) is 0 Å². The average Bonchev–Trinajstić information content (AvgIpc) is 3.15. The van der Waals surface area contributed by atoms with E-state index in [2.05, 4.69) is 0 Å². The zero-order chi connectivity index (χ0) is 12.0. The standard InChI is InChI=1S/C13H17NO3/c15-11(8-5-6-8)7-14-12(16)9-3-1-2-4-10(9)13(14)17/h1-2,8-11,15H,3-7H2. The van der Waals surface area contributed by atoms with E-state index in [0.29, 0.717) is 18.8 Å². The molecule has 2 fully saturated rings. The third-order valence-electron chi connectivity index (χ3n) is 4.13. The van der Waals surface area contributed by atoms with Crippen molar-refractivity contribution in [1.29, 1.82) is 0 Å². The minimum Gasteiger partial charge on any atom is -0.391 e. The predicted molar refractivity (Wildman–Crippen MR) is 60.8 cm³/mol. The van der Waals surface area contributed by atoms with Crippen LogP contribution in [-0.2, 0) is 9.59 Å². The molecule has 3 atom stereocenters. The normalized spacial score (nSPS) is 34.1. The Morgan fingerprint density at radius 3 is 2.18 bits per heavy atom. The summed E-state index contributed by atoms with van der Waals surface area (Å²) in [5, 5.41) is 9.86. The molecule has 92 valence electrons. The molecule has 2 amide bonds. The van der Waals surface area contributed by atoms with E-state index in [4.69, 9.17) is 0 Å². The minimum absolute atomic E-state index is 0.0796. The second-order valence-corrected chi connectivity index (χ2v) is 5.35. The first kappa shape index (κ1) is 11.0. The molecule has 17 heavy (non-hydrogen) atoms. The summed E-state index contributed by atoms with van der Waals surface area (Å²) in [5.74, 6) is -0.192. The number of rotatable bonds is 3. The number of hydrogen-bond donors (Lipinski definition) is 1. The molecule has 0 aromatic rings. The maximum absolute atomic E-state index is 12.1. The van der Waals surface area contributed by atoms with Crippen molar-refractivity contribution in [2.45, 2.75) is 31.8 Å². The second kappa shape index (κ2) is 3.95. The van der Waals surface area contributed by atoms with E-state index >= 15 is 0 Å². The Morgan fingerprint density at radius 1 is 1.18 bits per heavy atom. The van der Waals surface area contributed by atoms with Gasteiger partial charge in [-0.1, -0.05) is 12.2 Å². The molecule has 0 aromatic carbocycles. The van der Waals surface area contributed by atoms with Gasteiger partial charge in [-0.15, -0.1) is 0 Å². The van der Waals surface area contributed by atoms with Crippen molar-refractivity contribution < 1.29 is 14.7 Å². The SMILES string of the molecule is O=C1C2CC=CCC2C(=O)N1CC(O)C1CC1. The lowest BCUT2D eigenvalue weighted by Crippen LogP contribution is -2.38. The van der Waals surface area contributed by atoms with Gasteiger partial charge >= 0.3 is 0 Å². The number of aliphatic hydroxyl groups is 1. The Labute approximate surface area is 100 Å². The Hall–Kier alpha value is -1.16. The van der Waals surface area contributed by atoms with Gasteiger partial charge in [0.05, 0.1) is 24.5 Å². The number of fused-ring (bicyclic) bond motifs is 1. The van der Waals surface area contributed by atoms with Crippen molar-refractivity contribution >= 4 is 11.8 Å². The van der Waals surface area contributed by atoms with E-state index in [1.807, 2.05) is 12.2 Å². The highest BCUT2D eigenvalue weighted by Crippen LogP contribution is 2.37. The number of carbonyl (C=O) groups is 2. The average molecular weight is 235 g/mol. The molecule has 3 rings (SSSR count). The van der Waals surface area contributed by atoms with Crippen LogP contribution in [0.4, 0.5) is 0 Å². The Kier molecular flexibility index (Phi) is 2.54. The van der Waals surface area contributed by atoms with Gasteiger partial charge in [-0.25, -0.2) is 0 Å². The number of β-amino-alcohol motifs (C(OH)–C–C–N with tert-alkyl or cyclic N) is 1. The van der Waals surface area contributed by atoms with Crippen molar-refractivity contribution in [3.63, 3.8) is 0 Å². The lowest BCUT2D eigenvalue weighted by atomic mass is 9.85. The van der Waals surface area contributed by atoms with Crippen LogP contribution < -0.4 is 0 Å². The number of allylic oxidation sites excluding steroid dienone is 2. The summed E-state index contributed by atoms with van der Waals surface area (Å²) >= 11 is 0. The highest BCUT2D eigenvalue weighted by molar-refractivity contribution is 6.05. The molecule has 3 unspecified atom stereocenters. The van der Waals surface area contributed by atoms with E-state index in [0.717, 1.165) is 12.8 Å². The van der Waals surface area contributed by atoms with Gasteiger partial charge in [-0.05, 0) is 31.6 Å². The highest BCUT2D eigenvalue weighted by atomic mass is 16.3. The smallest absolute Gasteiger partial charge is 0.233 e. The van der Waals surface area contributed by atoms with Gasteiger partial charge in [0, 0.05) is 0 Å². The fourth-order valence-corrected chi connectivity index (χ4v) is 2.87. The van der Waals surface area contributed by atoms with Crippen LogP contribution in [0.25, 0.3) is 0 Å². The summed E-state index contributed by atoms with van der Waals surface area (Å²) in [6, 6.07) is 0. The predicted octanol–water partition coefficient (Wildman–Crippen LogP) is 0.708. The highest BCUT2D eigenvalue weighted by Gasteiger charge is 2.48. The summed E-state index contributed by atoms with van der Waals surface area (Å²) in [4.78, 5) is 25.5. The van der Waals surface area contributed by atoms with E-state index in [1.165, 1.54) is 4.90 Å². The third-order valence-corrected chi connectivity index (χ3v) is 4.13. The van der Waals surface area contributed by atoms with E-state index < -0.39 is 6.10 Å². The number of aliphatic hydroxyl groups excluding tert-OH is 1. The molecule has 0 radical (unpaired) electrons. The molecule has 0 spiro atoms. The summed E-state index contributed by atoms with van der Waals surface area (Å²) in [7, 11) is 0. The fraction of sp³-hybridized carbons (Fsp3) is 0.692. The van der Waals surface area contributed by atoms with Crippen molar-refractivity contribution in [1.82, 2.24) is 4.90 Å². The first-order chi connectivity index (χ1) is 8.18. The van der Waals surface area contributed by atoms with Gasteiger partial charge in [0.25, 0.3) is 0 Å². The summed E-state index contributed by atoms with van der Waals surface area (Å²) in [6.45, 7) is 0.204. The van der Waals surface area contributed by atoms with E-state index in [9.17, 15) is 14.7 Å². The molecule has 0 aromatic heterocycles. The number of carbonyl (C=O) groups excluding carboxylic acids is 2. The molecule has 3 aliphatic rings. The second-order valence-electron chi connectivity index (χ2n) is 5.35. The van der Waals surface area contributed by atoms with Crippen LogP contribution in [0.15, 0.2) is 12.2 Å². The zero-order valence-corrected chi connectivity index (χ0v) is 9.71. The van der Waals surface area contributed by atoms with Crippen molar-refractivity contribution in [3.05, 3.63) is 12.2 Å². The van der Waals surface area contributed by atoms with Crippen LogP contribution in [0.5, 0.6) is 0 Å². The largest absolute Gasteiger partial charge is 0.391 e. The summed E-state index contributed by atoms with van der Waals surface area (Å²) < 4.78 is 0. The first-order valence-corrected chi connectivity index (χ1v) is 6.36. The molecule has 1 saturated heterocycles. The first-order valence-electron chi connectivity index (χ1n) is 6.36. The number of likely N-dealkylation sites (tertiary alicyclic amines) is 1.